The summed E-state index contributed by atoms with van der Waals surface area (Å²) in [5.74, 6) is -1.39. The largest absolute Gasteiger partial charge is 0.480 e. The molecule has 20 heavy (non-hydrogen) atoms. The number of carbonyl (C=O) groups excluding carboxylic acids is 1. The lowest BCUT2D eigenvalue weighted by atomic mass is 10.2. The maximum absolute atomic E-state index is 12.2. The zero-order chi connectivity index (χ0) is 15.0. The van der Waals surface area contributed by atoms with E-state index in [0.717, 1.165) is 20.3 Å². The van der Waals surface area contributed by atoms with Crippen LogP contribution in [0.3, 0.4) is 0 Å². The van der Waals surface area contributed by atoms with Crippen LogP contribution in [0.4, 0.5) is 0 Å². The molecule has 0 spiro atoms. The lowest BCUT2D eigenvalue weighted by Crippen LogP contribution is -2.40. The molecule has 0 aliphatic carbocycles. The molecule has 1 unspecified atom stereocenters. The molecule has 1 aromatic heterocycles. The minimum atomic E-state index is -1.06. The third kappa shape index (κ3) is 2.56. The van der Waals surface area contributed by atoms with Gasteiger partial charge in [-0.1, -0.05) is 0 Å². The van der Waals surface area contributed by atoms with Crippen molar-refractivity contribution < 1.29 is 19.1 Å². The first-order chi connectivity index (χ1) is 9.31. The van der Waals surface area contributed by atoms with Crippen molar-refractivity contribution in [1.82, 2.24) is 4.90 Å². The maximum atomic E-state index is 12.2. The molecule has 0 radical (unpaired) electrons. The summed E-state index contributed by atoms with van der Waals surface area (Å²) in [7, 11) is 1.44. The molecule has 0 aliphatic rings. The third-order valence-corrected chi connectivity index (χ3v) is 3.77. The number of carboxylic acids is 1. The van der Waals surface area contributed by atoms with Gasteiger partial charge >= 0.3 is 5.97 Å². The molecule has 6 heteroatoms. The molecule has 1 heterocycles. The van der Waals surface area contributed by atoms with Gasteiger partial charge in [0.15, 0.2) is 5.76 Å². The van der Waals surface area contributed by atoms with Gasteiger partial charge < -0.3 is 14.4 Å². The summed E-state index contributed by atoms with van der Waals surface area (Å²) in [5, 5.41) is 9.74. The van der Waals surface area contributed by atoms with Crippen LogP contribution in [0, 0.1) is 6.92 Å². The molecule has 1 aromatic carbocycles. The second-order valence-corrected chi connectivity index (χ2v) is 5.56. The second kappa shape index (κ2) is 5.28. The van der Waals surface area contributed by atoms with Gasteiger partial charge in [-0.2, -0.15) is 0 Å². The SMILES string of the molecule is Cc1cc(Br)c2oc(C(=O)N(C)C(C)C(=O)O)cc2c1. The number of furan rings is 1. The van der Waals surface area contributed by atoms with E-state index >= 15 is 0 Å². The molecular formula is C14H14BrNO4. The summed E-state index contributed by atoms with van der Waals surface area (Å²) < 4.78 is 6.30. The molecule has 0 aliphatic heterocycles. The van der Waals surface area contributed by atoms with Crippen molar-refractivity contribution in [1.29, 1.82) is 0 Å². The van der Waals surface area contributed by atoms with Crippen LogP contribution in [0.15, 0.2) is 27.1 Å². The van der Waals surface area contributed by atoms with Crippen molar-refractivity contribution in [3.8, 4) is 0 Å². The van der Waals surface area contributed by atoms with E-state index in [4.69, 9.17) is 9.52 Å². The number of carboxylic acid groups (broad SMARTS) is 1. The summed E-state index contributed by atoms with van der Waals surface area (Å²) in [4.78, 5) is 24.3. The van der Waals surface area contributed by atoms with Crippen molar-refractivity contribution in [3.63, 3.8) is 0 Å². The number of hydrogen-bond acceptors (Lipinski definition) is 3. The van der Waals surface area contributed by atoms with Gasteiger partial charge in [0.2, 0.25) is 0 Å². The number of rotatable bonds is 3. The number of benzene rings is 1. The minimum Gasteiger partial charge on any atom is -0.480 e. The molecule has 2 aromatic rings. The minimum absolute atomic E-state index is 0.127. The predicted octanol–water partition coefficient (Wildman–Crippen LogP) is 3.05. The Morgan fingerprint density at radius 2 is 2.00 bits per heavy atom. The molecule has 0 saturated heterocycles. The maximum Gasteiger partial charge on any atom is 0.326 e. The molecule has 0 saturated carbocycles. The lowest BCUT2D eigenvalue weighted by molar-refractivity contribution is -0.141. The Morgan fingerprint density at radius 3 is 2.60 bits per heavy atom. The van der Waals surface area contributed by atoms with Gasteiger partial charge in [0, 0.05) is 12.4 Å². The van der Waals surface area contributed by atoms with Crippen LogP contribution in [-0.4, -0.2) is 35.0 Å². The normalized spacial score (nSPS) is 12.4. The smallest absolute Gasteiger partial charge is 0.326 e. The first kappa shape index (κ1) is 14.6. The number of amides is 1. The Labute approximate surface area is 124 Å². The molecule has 1 N–H and O–H groups in total. The van der Waals surface area contributed by atoms with Crippen molar-refractivity contribution >= 4 is 38.8 Å². The topological polar surface area (TPSA) is 70.8 Å². The third-order valence-electron chi connectivity index (χ3n) is 3.18. The van der Waals surface area contributed by atoms with Gasteiger partial charge in [0.05, 0.1) is 4.47 Å². The lowest BCUT2D eigenvalue weighted by Gasteiger charge is -2.19. The molecule has 1 amide bonds. The number of likely N-dealkylation sites (N-methyl/N-ethyl adjacent to an activating group) is 1. The van der Waals surface area contributed by atoms with Crippen LogP contribution in [-0.2, 0) is 4.79 Å². The van der Waals surface area contributed by atoms with Gasteiger partial charge in [-0.05, 0) is 53.5 Å². The fraction of sp³-hybridized carbons (Fsp3) is 0.286. The number of aliphatic carboxylic acids is 1. The molecular weight excluding hydrogens is 326 g/mol. The highest BCUT2D eigenvalue weighted by molar-refractivity contribution is 9.10. The molecule has 0 fully saturated rings. The average molecular weight is 340 g/mol. The summed E-state index contributed by atoms with van der Waals surface area (Å²) in [6.07, 6.45) is 0. The predicted molar refractivity (Wildman–Crippen MR) is 77.8 cm³/mol. The fourth-order valence-corrected chi connectivity index (χ4v) is 2.54. The number of carbonyl (C=O) groups is 2. The summed E-state index contributed by atoms with van der Waals surface area (Å²) in [6, 6.07) is 4.51. The second-order valence-electron chi connectivity index (χ2n) is 4.71. The highest BCUT2D eigenvalue weighted by Crippen LogP contribution is 2.29. The Morgan fingerprint density at radius 1 is 1.35 bits per heavy atom. The van der Waals surface area contributed by atoms with Crippen molar-refractivity contribution in [2.24, 2.45) is 0 Å². The van der Waals surface area contributed by atoms with Gasteiger partial charge in [-0.3, -0.25) is 4.79 Å². The number of halogens is 1. The Hall–Kier alpha value is -1.82. The summed E-state index contributed by atoms with van der Waals surface area (Å²) in [6.45, 7) is 3.39. The van der Waals surface area contributed by atoms with Crippen molar-refractivity contribution in [2.75, 3.05) is 7.05 Å². The van der Waals surface area contributed by atoms with Gasteiger partial charge in [-0.25, -0.2) is 4.79 Å². The zero-order valence-corrected chi connectivity index (χ0v) is 12.9. The van der Waals surface area contributed by atoms with Crippen LogP contribution in [0.2, 0.25) is 0 Å². The van der Waals surface area contributed by atoms with E-state index in [1.54, 1.807) is 6.07 Å². The van der Waals surface area contributed by atoms with Gasteiger partial charge in [0.1, 0.15) is 11.6 Å². The van der Waals surface area contributed by atoms with E-state index in [1.807, 2.05) is 19.1 Å². The van der Waals surface area contributed by atoms with Crippen molar-refractivity contribution in [2.45, 2.75) is 19.9 Å². The van der Waals surface area contributed by atoms with E-state index in [0.29, 0.717) is 5.58 Å². The Balaban J connectivity index is 2.41. The standard InChI is InChI=1S/C14H14BrNO4/c1-7-4-9-6-11(20-12(9)10(15)5-7)13(17)16(3)8(2)14(18)19/h4-6,8H,1-3H3,(H,18,19). The molecule has 1 atom stereocenters. The van der Waals surface area contributed by atoms with Crippen LogP contribution < -0.4 is 0 Å². The Bertz CT molecular complexity index is 692. The number of hydrogen-bond donors (Lipinski definition) is 1. The highest BCUT2D eigenvalue weighted by Gasteiger charge is 2.25. The van der Waals surface area contributed by atoms with Crippen LogP contribution >= 0.6 is 15.9 Å². The van der Waals surface area contributed by atoms with Gasteiger partial charge in [0.25, 0.3) is 5.91 Å². The van der Waals surface area contributed by atoms with E-state index in [-0.39, 0.29) is 5.76 Å². The van der Waals surface area contributed by atoms with Crippen LogP contribution in [0.25, 0.3) is 11.0 Å². The van der Waals surface area contributed by atoms with E-state index in [9.17, 15) is 9.59 Å². The average Bonchev–Trinajstić information content (AvgIpc) is 2.79. The molecule has 5 nitrogen and oxygen atoms in total. The molecule has 0 bridgehead atoms. The Kier molecular flexibility index (Phi) is 3.85. The fourth-order valence-electron chi connectivity index (χ4n) is 1.87. The number of nitrogens with zero attached hydrogens (tertiary/aromatic N) is 1. The number of fused-ring (bicyclic) bond motifs is 1. The van der Waals surface area contributed by atoms with Crippen LogP contribution in [0.5, 0.6) is 0 Å². The number of aryl methyl sites for hydroxylation is 1. The van der Waals surface area contributed by atoms with E-state index in [2.05, 4.69) is 15.9 Å². The van der Waals surface area contributed by atoms with E-state index in [1.165, 1.54) is 14.0 Å². The van der Waals surface area contributed by atoms with Gasteiger partial charge in [-0.15, -0.1) is 0 Å². The zero-order valence-electron chi connectivity index (χ0n) is 11.3. The quantitative estimate of drug-likeness (QED) is 0.932. The van der Waals surface area contributed by atoms with E-state index < -0.39 is 17.9 Å². The monoisotopic (exact) mass is 339 g/mol. The highest BCUT2D eigenvalue weighted by atomic mass is 79.9. The molecule has 106 valence electrons. The molecule has 2 rings (SSSR count). The van der Waals surface area contributed by atoms with Crippen molar-refractivity contribution in [3.05, 3.63) is 34.0 Å². The van der Waals surface area contributed by atoms with Crippen LogP contribution in [0.1, 0.15) is 23.0 Å². The summed E-state index contributed by atoms with van der Waals surface area (Å²) >= 11 is 3.39. The first-order valence-electron chi connectivity index (χ1n) is 6.01. The first-order valence-corrected chi connectivity index (χ1v) is 6.80. The summed E-state index contributed by atoms with van der Waals surface area (Å²) in [5.41, 5.74) is 1.62.